The van der Waals surface area contributed by atoms with Crippen LogP contribution in [0.4, 0.5) is 0 Å². The smallest absolute Gasteiger partial charge is 0.0831 e. The van der Waals surface area contributed by atoms with Crippen molar-refractivity contribution in [3.05, 3.63) is 27.2 Å². The molecule has 0 heterocycles. The predicted molar refractivity (Wildman–Crippen MR) is 58.6 cm³/mol. The molecular formula is C8H8Cl3Si. The summed E-state index contributed by atoms with van der Waals surface area (Å²) < 4.78 is 0. The first-order chi connectivity index (χ1) is 5.52. The van der Waals surface area contributed by atoms with Crippen LogP contribution in [0.1, 0.15) is 0 Å². The maximum absolute atomic E-state index is 5.99. The fourth-order valence-corrected chi connectivity index (χ4v) is 4.07. The van der Waals surface area contributed by atoms with Gasteiger partial charge in [0.1, 0.15) is 0 Å². The summed E-state index contributed by atoms with van der Waals surface area (Å²) in [7, 11) is -0.611. The van der Waals surface area contributed by atoms with Crippen molar-refractivity contribution in [2.75, 3.05) is 0 Å². The Bertz CT molecular complexity index is 273. The lowest BCUT2D eigenvalue weighted by molar-refractivity contribution is 1.73. The monoisotopic (exact) mass is 237 g/mol. The topological polar surface area (TPSA) is 0 Å². The highest BCUT2D eigenvalue weighted by Crippen LogP contribution is 2.21. The molecule has 0 aliphatic carbocycles. The van der Waals surface area contributed by atoms with Gasteiger partial charge in [0.05, 0.1) is 8.80 Å². The first-order valence-electron chi connectivity index (χ1n) is 3.47. The molecule has 0 aromatic heterocycles. The van der Waals surface area contributed by atoms with Crippen LogP contribution in [0.25, 0.3) is 0 Å². The molecule has 0 aliphatic heterocycles. The molecule has 0 atom stereocenters. The van der Waals surface area contributed by atoms with Crippen LogP contribution < -0.4 is 5.19 Å². The number of benzene rings is 1. The normalized spacial score (nSPS) is 10.8. The summed E-state index contributed by atoms with van der Waals surface area (Å²) in [4.78, 5) is 0. The van der Waals surface area contributed by atoms with E-state index >= 15 is 0 Å². The molecule has 65 valence electrons. The summed E-state index contributed by atoms with van der Waals surface area (Å²) in [5, 5.41) is 3.03. The third-order valence-electron chi connectivity index (χ3n) is 1.51. The molecule has 1 aromatic rings. The van der Waals surface area contributed by atoms with Crippen molar-refractivity contribution in [2.45, 2.75) is 13.1 Å². The highest BCUT2D eigenvalue weighted by atomic mass is 35.5. The van der Waals surface area contributed by atoms with Crippen LogP contribution in [0.2, 0.25) is 28.2 Å². The van der Waals surface area contributed by atoms with Crippen LogP contribution in [-0.4, -0.2) is 8.80 Å². The van der Waals surface area contributed by atoms with Crippen molar-refractivity contribution in [3.63, 3.8) is 0 Å². The molecule has 0 saturated heterocycles. The largest absolute Gasteiger partial charge is 0.0844 e. The second kappa shape index (κ2) is 4.01. The van der Waals surface area contributed by atoms with E-state index < -0.39 is 8.80 Å². The molecule has 0 spiro atoms. The van der Waals surface area contributed by atoms with Crippen LogP contribution >= 0.6 is 34.8 Å². The van der Waals surface area contributed by atoms with Gasteiger partial charge in [0.2, 0.25) is 0 Å². The van der Waals surface area contributed by atoms with Crippen molar-refractivity contribution in [1.82, 2.24) is 0 Å². The average molecular weight is 239 g/mol. The molecule has 1 aromatic carbocycles. The first-order valence-corrected chi connectivity index (χ1v) is 7.11. The van der Waals surface area contributed by atoms with Crippen molar-refractivity contribution >= 4 is 48.8 Å². The lowest BCUT2D eigenvalue weighted by Gasteiger charge is -2.09. The minimum absolute atomic E-state index is 0.594. The summed E-state index contributed by atoms with van der Waals surface area (Å²) >= 11 is 17.7. The molecule has 12 heavy (non-hydrogen) atoms. The summed E-state index contributed by atoms with van der Waals surface area (Å²) in [5.74, 6) is 0. The minimum atomic E-state index is -0.611. The molecule has 1 radical (unpaired) electrons. The molecule has 1 rings (SSSR count). The van der Waals surface area contributed by atoms with Gasteiger partial charge in [0.25, 0.3) is 0 Å². The molecule has 0 nitrogen and oxygen atoms in total. The SMILES string of the molecule is C[Si](C)c1c(Cl)cc(Cl)cc1Cl. The Morgan fingerprint density at radius 2 is 1.42 bits per heavy atom. The van der Waals surface area contributed by atoms with Gasteiger partial charge in [-0.05, 0) is 17.3 Å². The van der Waals surface area contributed by atoms with E-state index in [1.54, 1.807) is 12.1 Å². The third-order valence-corrected chi connectivity index (χ3v) is 4.18. The molecule has 0 aliphatic rings. The van der Waals surface area contributed by atoms with Crippen molar-refractivity contribution in [3.8, 4) is 0 Å². The van der Waals surface area contributed by atoms with Crippen molar-refractivity contribution < 1.29 is 0 Å². The third kappa shape index (κ3) is 2.16. The second-order valence-corrected chi connectivity index (χ2v) is 6.50. The van der Waals surface area contributed by atoms with Gasteiger partial charge in [-0.3, -0.25) is 0 Å². The molecule has 4 heteroatoms. The molecule has 0 bridgehead atoms. The van der Waals surface area contributed by atoms with Gasteiger partial charge in [0.15, 0.2) is 0 Å². The van der Waals surface area contributed by atoms with Gasteiger partial charge >= 0.3 is 0 Å². The lowest BCUT2D eigenvalue weighted by Crippen LogP contribution is -2.24. The summed E-state index contributed by atoms with van der Waals surface area (Å²) in [6, 6.07) is 3.48. The van der Waals surface area contributed by atoms with E-state index in [1.807, 2.05) is 0 Å². The zero-order chi connectivity index (χ0) is 9.30. The minimum Gasteiger partial charge on any atom is -0.0844 e. The Kier molecular flexibility index (Phi) is 3.47. The van der Waals surface area contributed by atoms with Crippen LogP contribution in [0.15, 0.2) is 12.1 Å². The highest BCUT2D eigenvalue weighted by Gasteiger charge is 2.11. The zero-order valence-electron chi connectivity index (χ0n) is 6.79. The number of halogens is 3. The van der Waals surface area contributed by atoms with Gasteiger partial charge in [-0.1, -0.05) is 47.9 Å². The average Bonchev–Trinajstić information content (AvgIpc) is 1.82. The fraction of sp³-hybridized carbons (Fsp3) is 0.250. The van der Waals surface area contributed by atoms with E-state index in [2.05, 4.69) is 13.1 Å². The molecule has 0 N–H and O–H groups in total. The molecular weight excluding hydrogens is 231 g/mol. The van der Waals surface area contributed by atoms with E-state index in [-0.39, 0.29) is 0 Å². The molecule has 0 unspecified atom stereocenters. The summed E-state index contributed by atoms with van der Waals surface area (Å²) in [6.07, 6.45) is 0. The summed E-state index contributed by atoms with van der Waals surface area (Å²) in [6.45, 7) is 4.29. The van der Waals surface area contributed by atoms with E-state index in [0.29, 0.717) is 15.1 Å². The van der Waals surface area contributed by atoms with Gasteiger partial charge in [-0.25, -0.2) is 0 Å². The predicted octanol–water partition coefficient (Wildman–Crippen LogP) is 3.61. The van der Waals surface area contributed by atoms with E-state index in [4.69, 9.17) is 34.8 Å². The summed E-state index contributed by atoms with van der Waals surface area (Å²) in [5.41, 5.74) is 0. The maximum Gasteiger partial charge on any atom is 0.0831 e. The lowest BCUT2D eigenvalue weighted by atomic mass is 10.3. The number of rotatable bonds is 1. The van der Waals surface area contributed by atoms with Crippen molar-refractivity contribution in [1.29, 1.82) is 0 Å². The Labute approximate surface area is 89.0 Å². The van der Waals surface area contributed by atoms with Gasteiger partial charge in [-0.15, -0.1) is 0 Å². The van der Waals surface area contributed by atoms with Crippen LogP contribution in [0, 0.1) is 0 Å². The Hall–Kier alpha value is 0.307. The van der Waals surface area contributed by atoms with Gasteiger partial charge < -0.3 is 0 Å². The van der Waals surface area contributed by atoms with E-state index in [0.717, 1.165) is 5.19 Å². The first kappa shape index (κ1) is 10.4. The molecule has 0 fully saturated rings. The number of hydrogen-bond donors (Lipinski definition) is 0. The molecule has 0 amide bonds. The molecule has 0 saturated carbocycles. The Morgan fingerprint density at radius 3 is 1.75 bits per heavy atom. The van der Waals surface area contributed by atoms with E-state index in [1.165, 1.54) is 0 Å². The van der Waals surface area contributed by atoms with Gasteiger partial charge in [0, 0.05) is 15.1 Å². The highest BCUT2D eigenvalue weighted by molar-refractivity contribution is 6.75. The van der Waals surface area contributed by atoms with Crippen molar-refractivity contribution in [2.24, 2.45) is 0 Å². The zero-order valence-corrected chi connectivity index (χ0v) is 10.1. The standard InChI is InChI=1S/C8H8Cl3Si/c1-12(2)8-6(10)3-5(9)4-7(8)11/h3-4H,1-2H3. The number of hydrogen-bond acceptors (Lipinski definition) is 0. The van der Waals surface area contributed by atoms with Crippen LogP contribution in [0.3, 0.4) is 0 Å². The quantitative estimate of drug-likeness (QED) is 0.656. The van der Waals surface area contributed by atoms with Gasteiger partial charge in [-0.2, -0.15) is 0 Å². The van der Waals surface area contributed by atoms with Crippen LogP contribution in [-0.2, 0) is 0 Å². The second-order valence-electron chi connectivity index (χ2n) is 2.74. The Balaban J connectivity index is 3.28. The van der Waals surface area contributed by atoms with E-state index in [9.17, 15) is 0 Å². The Morgan fingerprint density at radius 1 is 1.00 bits per heavy atom. The maximum atomic E-state index is 5.99. The van der Waals surface area contributed by atoms with Crippen LogP contribution in [0.5, 0.6) is 0 Å². The fourth-order valence-electron chi connectivity index (χ4n) is 1.02.